The molecule has 2 heterocycles. The summed E-state index contributed by atoms with van der Waals surface area (Å²) >= 11 is 0. The molecule has 1 aliphatic rings. The third-order valence-electron chi connectivity index (χ3n) is 4.35. The lowest BCUT2D eigenvalue weighted by Crippen LogP contribution is -2.36. The van der Waals surface area contributed by atoms with E-state index in [4.69, 9.17) is 4.52 Å². The zero-order valence-electron chi connectivity index (χ0n) is 13.7. The van der Waals surface area contributed by atoms with Crippen LogP contribution in [0.1, 0.15) is 35.7 Å². The van der Waals surface area contributed by atoms with E-state index in [9.17, 15) is 18.3 Å². The monoisotopic (exact) mass is 355 g/mol. The predicted molar refractivity (Wildman–Crippen MR) is 83.6 cm³/mol. The maximum atomic E-state index is 12.8. The van der Waals surface area contributed by atoms with E-state index < -0.39 is 11.7 Å². The van der Waals surface area contributed by atoms with Gasteiger partial charge in [0, 0.05) is 19.6 Å². The van der Waals surface area contributed by atoms with Gasteiger partial charge in [-0.3, -0.25) is 4.90 Å². The number of nitrogens with zero attached hydrogens (tertiary/aromatic N) is 3. The lowest BCUT2D eigenvalue weighted by molar-refractivity contribution is -0.137. The van der Waals surface area contributed by atoms with E-state index in [0.717, 1.165) is 38.1 Å². The number of halogens is 3. The van der Waals surface area contributed by atoms with E-state index in [1.807, 2.05) is 0 Å². The first kappa shape index (κ1) is 17.9. The normalized spacial score (nSPS) is 19.3. The molecular formula is C17H20F3N3O2. The fraction of sp³-hybridized carbons (Fsp3) is 0.529. The smallest absolute Gasteiger partial charge is 0.396 e. The molecule has 1 aliphatic heterocycles. The van der Waals surface area contributed by atoms with Crippen LogP contribution >= 0.6 is 0 Å². The average molecular weight is 355 g/mol. The fourth-order valence-electron chi connectivity index (χ4n) is 3.10. The Hall–Kier alpha value is -1.93. The second kappa shape index (κ2) is 7.53. The van der Waals surface area contributed by atoms with Crippen molar-refractivity contribution in [3.05, 3.63) is 47.1 Å². The fourth-order valence-corrected chi connectivity index (χ4v) is 3.10. The molecule has 1 saturated heterocycles. The van der Waals surface area contributed by atoms with Crippen molar-refractivity contribution in [1.82, 2.24) is 15.0 Å². The van der Waals surface area contributed by atoms with Crippen LogP contribution in [-0.4, -0.2) is 39.8 Å². The summed E-state index contributed by atoms with van der Waals surface area (Å²) in [6.07, 6.45) is -2.16. The molecule has 2 aromatic rings. The third kappa shape index (κ3) is 4.79. The summed E-state index contributed by atoms with van der Waals surface area (Å²) in [5, 5.41) is 13.1. The molecular weight excluding hydrogens is 335 g/mol. The first-order valence-corrected chi connectivity index (χ1v) is 8.25. The molecule has 1 aromatic heterocycles. The van der Waals surface area contributed by atoms with Crippen LogP contribution in [0.5, 0.6) is 0 Å². The zero-order valence-corrected chi connectivity index (χ0v) is 13.7. The molecule has 1 fully saturated rings. The molecule has 0 bridgehead atoms. The molecule has 1 N–H and O–H groups in total. The molecule has 1 aromatic carbocycles. The van der Waals surface area contributed by atoms with Gasteiger partial charge in [-0.05, 0) is 36.9 Å². The van der Waals surface area contributed by atoms with Crippen molar-refractivity contribution in [3.8, 4) is 0 Å². The van der Waals surface area contributed by atoms with Crippen molar-refractivity contribution in [1.29, 1.82) is 0 Å². The van der Waals surface area contributed by atoms with Gasteiger partial charge in [0.25, 0.3) is 0 Å². The highest BCUT2D eigenvalue weighted by Crippen LogP contribution is 2.29. The van der Waals surface area contributed by atoms with Crippen molar-refractivity contribution in [2.75, 3.05) is 19.7 Å². The molecule has 0 aliphatic carbocycles. The summed E-state index contributed by atoms with van der Waals surface area (Å²) in [5.41, 5.74) is -0.197. The van der Waals surface area contributed by atoms with Crippen LogP contribution in [0.2, 0.25) is 0 Å². The molecule has 1 atom stereocenters. The number of aliphatic hydroxyl groups excluding tert-OH is 1. The van der Waals surface area contributed by atoms with E-state index in [0.29, 0.717) is 23.8 Å². The van der Waals surface area contributed by atoms with Crippen LogP contribution in [0.3, 0.4) is 0 Å². The Balaban J connectivity index is 1.62. The Kier molecular flexibility index (Phi) is 5.39. The predicted octanol–water partition coefficient (Wildman–Crippen LogP) is 2.88. The summed E-state index contributed by atoms with van der Waals surface area (Å²) in [6.45, 7) is 2.34. The summed E-state index contributed by atoms with van der Waals surface area (Å²) in [5.74, 6) is 1.08. The largest absolute Gasteiger partial charge is 0.416 e. The van der Waals surface area contributed by atoms with Crippen molar-refractivity contribution < 1.29 is 22.8 Å². The van der Waals surface area contributed by atoms with E-state index in [2.05, 4.69) is 15.0 Å². The number of alkyl halides is 3. The number of benzene rings is 1. The maximum Gasteiger partial charge on any atom is 0.416 e. The van der Waals surface area contributed by atoms with Gasteiger partial charge in [-0.15, -0.1) is 0 Å². The molecule has 3 rings (SSSR count). The van der Waals surface area contributed by atoms with Crippen molar-refractivity contribution in [3.63, 3.8) is 0 Å². The zero-order chi connectivity index (χ0) is 17.9. The number of aliphatic hydroxyl groups is 1. The van der Waals surface area contributed by atoms with Crippen LogP contribution in [0.25, 0.3) is 0 Å². The lowest BCUT2D eigenvalue weighted by Gasteiger charge is -2.30. The van der Waals surface area contributed by atoms with Gasteiger partial charge in [-0.1, -0.05) is 23.4 Å². The minimum atomic E-state index is -4.37. The topological polar surface area (TPSA) is 62.4 Å². The van der Waals surface area contributed by atoms with Crippen LogP contribution in [0, 0.1) is 5.92 Å². The van der Waals surface area contributed by atoms with Crippen molar-refractivity contribution in [2.24, 2.45) is 5.92 Å². The van der Waals surface area contributed by atoms with Crippen molar-refractivity contribution >= 4 is 0 Å². The number of aromatic nitrogens is 2. The Morgan fingerprint density at radius 2 is 2.16 bits per heavy atom. The van der Waals surface area contributed by atoms with E-state index in [1.54, 1.807) is 6.07 Å². The van der Waals surface area contributed by atoms with Gasteiger partial charge in [0.2, 0.25) is 5.89 Å². The van der Waals surface area contributed by atoms with Gasteiger partial charge >= 0.3 is 6.18 Å². The number of hydrogen-bond acceptors (Lipinski definition) is 5. The highest BCUT2D eigenvalue weighted by molar-refractivity contribution is 5.27. The highest BCUT2D eigenvalue weighted by atomic mass is 19.4. The van der Waals surface area contributed by atoms with Gasteiger partial charge in [0.15, 0.2) is 5.82 Å². The third-order valence-corrected chi connectivity index (χ3v) is 4.35. The van der Waals surface area contributed by atoms with E-state index in [-0.39, 0.29) is 18.9 Å². The number of rotatable bonds is 5. The van der Waals surface area contributed by atoms with Gasteiger partial charge in [0.1, 0.15) is 0 Å². The lowest BCUT2D eigenvalue weighted by atomic mass is 9.99. The minimum Gasteiger partial charge on any atom is -0.396 e. The Bertz CT molecular complexity index is 702. The van der Waals surface area contributed by atoms with Gasteiger partial charge in [-0.2, -0.15) is 18.2 Å². The molecule has 0 saturated carbocycles. The average Bonchev–Trinajstić information content (AvgIpc) is 3.01. The van der Waals surface area contributed by atoms with Crippen LogP contribution in [-0.2, 0) is 19.1 Å². The van der Waals surface area contributed by atoms with Gasteiger partial charge < -0.3 is 9.63 Å². The summed E-state index contributed by atoms with van der Waals surface area (Å²) in [4.78, 5) is 6.42. The van der Waals surface area contributed by atoms with Gasteiger partial charge in [0.05, 0.1) is 12.1 Å². The SMILES string of the molecule is OC[C@H]1CCCN(Cc2nc(Cc3cccc(C(F)(F)F)c3)no2)C1. The standard InChI is InChI=1S/C17H20F3N3O2/c18-17(19,20)14-5-1-3-12(7-14)8-15-21-16(25-22-15)10-23-6-2-4-13(9-23)11-24/h1,3,5,7,13,24H,2,4,6,8-11H2/t13-/m0/s1. The minimum absolute atomic E-state index is 0.168. The first-order valence-electron chi connectivity index (χ1n) is 8.25. The number of likely N-dealkylation sites (tertiary alicyclic amines) is 1. The van der Waals surface area contributed by atoms with Crippen LogP contribution in [0.15, 0.2) is 28.8 Å². The van der Waals surface area contributed by atoms with Gasteiger partial charge in [-0.25, -0.2) is 0 Å². The second-order valence-corrected chi connectivity index (χ2v) is 6.41. The Labute approximate surface area is 143 Å². The molecule has 8 heteroatoms. The van der Waals surface area contributed by atoms with E-state index >= 15 is 0 Å². The molecule has 25 heavy (non-hydrogen) atoms. The highest BCUT2D eigenvalue weighted by Gasteiger charge is 2.30. The molecule has 0 amide bonds. The quantitative estimate of drug-likeness (QED) is 0.894. The van der Waals surface area contributed by atoms with E-state index in [1.165, 1.54) is 6.07 Å². The molecule has 0 spiro atoms. The number of hydrogen-bond donors (Lipinski definition) is 1. The summed E-state index contributed by atoms with van der Waals surface area (Å²) in [6, 6.07) is 5.13. The van der Waals surface area contributed by atoms with Crippen LogP contribution < -0.4 is 0 Å². The summed E-state index contributed by atoms with van der Waals surface area (Å²) in [7, 11) is 0. The molecule has 136 valence electrons. The summed E-state index contributed by atoms with van der Waals surface area (Å²) < 4.78 is 43.5. The Morgan fingerprint density at radius 3 is 2.92 bits per heavy atom. The first-order chi connectivity index (χ1) is 11.9. The molecule has 0 unspecified atom stereocenters. The second-order valence-electron chi connectivity index (χ2n) is 6.41. The van der Waals surface area contributed by atoms with Crippen LogP contribution in [0.4, 0.5) is 13.2 Å². The molecule has 0 radical (unpaired) electrons. The number of piperidine rings is 1. The Morgan fingerprint density at radius 1 is 1.32 bits per heavy atom. The maximum absolute atomic E-state index is 12.8. The molecule has 5 nitrogen and oxygen atoms in total. The van der Waals surface area contributed by atoms with Crippen molar-refractivity contribution in [2.45, 2.75) is 32.0 Å².